The summed E-state index contributed by atoms with van der Waals surface area (Å²) in [5.41, 5.74) is 5.63. The fourth-order valence-corrected chi connectivity index (χ4v) is 3.81. The van der Waals surface area contributed by atoms with E-state index in [1.807, 2.05) is 0 Å². The molecule has 3 N–H and O–H groups in total. The number of hydrogen-bond acceptors (Lipinski definition) is 3. The second-order valence-corrected chi connectivity index (χ2v) is 7.41. The number of halogens is 3. The predicted octanol–water partition coefficient (Wildman–Crippen LogP) is 2.72. The highest BCUT2D eigenvalue weighted by molar-refractivity contribution is 7.89. The molecule has 4 nitrogen and oxygen atoms in total. The van der Waals surface area contributed by atoms with Crippen LogP contribution in [0.4, 0.5) is 8.78 Å². The molecule has 0 radical (unpaired) electrons. The minimum absolute atomic E-state index is 0. The molecule has 0 saturated heterocycles. The predicted molar refractivity (Wildman–Crippen MR) is 83.4 cm³/mol. The van der Waals surface area contributed by atoms with Gasteiger partial charge in [-0.1, -0.05) is 25.7 Å². The van der Waals surface area contributed by atoms with Crippen LogP contribution in [0, 0.1) is 11.6 Å². The van der Waals surface area contributed by atoms with Crippen LogP contribution in [0.3, 0.4) is 0 Å². The molecule has 0 spiro atoms. The van der Waals surface area contributed by atoms with E-state index in [2.05, 4.69) is 4.72 Å². The van der Waals surface area contributed by atoms with Crippen LogP contribution in [0.2, 0.25) is 0 Å². The van der Waals surface area contributed by atoms with Crippen molar-refractivity contribution >= 4 is 22.4 Å². The maximum absolute atomic E-state index is 13.6. The molecule has 0 heterocycles. The monoisotopic (exact) mass is 354 g/mol. The first kappa shape index (κ1) is 19.3. The molecule has 1 aliphatic carbocycles. The molecule has 1 aromatic carbocycles. The second-order valence-electron chi connectivity index (χ2n) is 5.68. The Kier molecular flexibility index (Phi) is 6.73. The van der Waals surface area contributed by atoms with Crippen molar-refractivity contribution in [1.29, 1.82) is 0 Å². The summed E-state index contributed by atoms with van der Waals surface area (Å²) in [5.74, 6) is -1.92. The lowest BCUT2D eigenvalue weighted by Crippen LogP contribution is -2.49. The van der Waals surface area contributed by atoms with Crippen LogP contribution in [0.25, 0.3) is 0 Å². The van der Waals surface area contributed by atoms with E-state index in [0.717, 1.165) is 50.7 Å². The summed E-state index contributed by atoms with van der Waals surface area (Å²) in [6.45, 7) is 0.0617. The van der Waals surface area contributed by atoms with E-state index in [9.17, 15) is 17.2 Å². The third-order valence-electron chi connectivity index (χ3n) is 3.90. The van der Waals surface area contributed by atoms with Gasteiger partial charge in [0.2, 0.25) is 10.0 Å². The van der Waals surface area contributed by atoms with Gasteiger partial charge >= 0.3 is 0 Å². The molecule has 126 valence electrons. The molecular formula is C14H21ClF2N2O2S. The van der Waals surface area contributed by atoms with Gasteiger partial charge in [-0.3, -0.25) is 0 Å². The fourth-order valence-electron chi connectivity index (χ4n) is 2.62. The number of benzene rings is 1. The Morgan fingerprint density at radius 2 is 1.73 bits per heavy atom. The van der Waals surface area contributed by atoms with Crippen molar-refractivity contribution in [2.24, 2.45) is 5.73 Å². The number of rotatable bonds is 4. The van der Waals surface area contributed by atoms with E-state index < -0.39 is 32.1 Å². The number of sulfonamides is 1. The summed E-state index contributed by atoms with van der Waals surface area (Å²) >= 11 is 0. The first-order chi connectivity index (χ1) is 9.82. The average molecular weight is 355 g/mol. The Balaban J connectivity index is 0.00000242. The largest absolute Gasteiger partial charge is 0.324 e. The molecule has 1 aromatic rings. The van der Waals surface area contributed by atoms with Gasteiger partial charge in [-0.25, -0.2) is 21.9 Å². The van der Waals surface area contributed by atoms with Crippen LogP contribution < -0.4 is 10.5 Å². The minimum atomic E-state index is -4.03. The Bertz CT molecular complexity index is 603. The van der Waals surface area contributed by atoms with Crippen LogP contribution in [0.1, 0.15) is 38.5 Å². The van der Waals surface area contributed by atoms with E-state index in [4.69, 9.17) is 5.73 Å². The molecule has 1 fully saturated rings. The number of nitrogens with one attached hydrogen (secondary N) is 1. The standard InChI is InChI=1S/C14H20F2N2O2S.ClH/c15-11-5-6-13(12(16)9-11)21(19,20)18-10-14(17)7-3-1-2-4-8-14;/h5-6,9,18H,1-4,7-8,10,17H2;1H. The van der Waals surface area contributed by atoms with Crippen LogP contribution in [0.5, 0.6) is 0 Å². The van der Waals surface area contributed by atoms with Gasteiger partial charge in [-0.2, -0.15) is 0 Å². The molecule has 0 aliphatic heterocycles. The van der Waals surface area contributed by atoms with Crippen LogP contribution in [0.15, 0.2) is 23.1 Å². The molecule has 0 unspecified atom stereocenters. The summed E-state index contributed by atoms with van der Waals surface area (Å²) < 4.78 is 53.0. The summed E-state index contributed by atoms with van der Waals surface area (Å²) in [4.78, 5) is -0.555. The van der Waals surface area contributed by atoms with Crippen molar-refractivity contribution < 1.29 is 17.2 Å². The van der Waals surface area contributed by atoms with E-state index >= 15 is 0 Å². The van der Waals surface area contributed by atoms with Crippen LogP contribution >= 0.6 is 12.4 Å². The van der Waals surface area contributed by atoms with Gasteiger partial charge < -0.3 is 5.73 Å². The molecule has 0 aromatic heterocycles. The van der Waals surface area contributed by atoms with Crippen molar-refractivity contribution in [1.82, 2.24) is 4.72 Å². The van der Waals surface area contributed by atoms with Gasteiger partial charge in [0.1, 0.15) is 16.5 Å². The van der Waals surface area contributed by atoms with Crippen molar-refractivity contribution in [3.8, 4) is 0 Å². The lowest BCUT2D eigenvalue weighted by atomic mass is 9.92. The maximum Gasteiger partial charge on any atom is 0.243 e. The highest BCUT2D eigenvalue weighted by atomic mass is 35.5. The van der Waals surface area contributed by atoms with Gasteiger partial charge in [-0.15, -0.1) is 12.4 Å². The lowest BCUT2D eigenvalue weighted by Gasteiger charge is -2.28. The summed E-state index contributed by atoms with van der Waals surface area (Å²) in [5, 5.41) is 0. The zero-order valence-electron chi connectivity index (χ0n) is 12.1. The molecule has 1 saturated carbocycles. The first-order valence-corrected chi connectivity index (χ1v) is 8.54. The molecule has 0 amide bonds. The van der Waals surface area contributed by atoms with Gasteiger partial charge in [0.15, 0.2) is 0 Å². The number of nitrogens with two attached hydrogens (primary N) is 1. The van der Waals surface area contributed by atoms with Crippen LogP contribution in [-0.2, 0) is 10.0 Å². The van der Waals surface area contributed by atoms with E-state index in [-0.39, 0.29) is 19.0 Å². The van der Waals surface area contributed by atoms with Crippen LogP contribution in [-0.4, -0.2) is 20.5 Å². The van der Waals surface area contributed by atoms with Crippen molar-refractivity contribution in [3.63, 3.8) is 0 Å². The fraction of sp³-hybridized carbons (Fsp3) is 0.571. The Morgan fingerprint density at radius 3 is 2.27 bits per heavy atom. The minimum Gasteiger partial charge on any atom is -0.324 e. The third kappa shape index (κ3) is 4.87. The van der Waals surface area contributed by atoms with E-state index in [0.29, 0.717) is 6.07 Å². The lowest BCUT2D eigenvalue weighted by molar-refractivity contribution is 0.368. The molecule has 1 aliphatic rings. The van der Waals surface area contributed by atoms with Gasteiger partial charge in [-0.05, 0) is 25.0 Å². The molecule has 22 heavy (non-hydrogen) atoms. The van der Waals surface area contributed by atoms with Gasteiger partial charge in [0, 0.05) is 18.2 Å². The molecule has 0 atom stereocenters. The maximum atomic E-state index is 13.6. The van der Waals surface area contributed by atoms with Crippen molar-refractivity contribution in [2.75, 3.05) is 6.54 Å². The topological polar surface area (TPSA) is 72.2 Å². The molecular weight excluding hydrogens is 334 g/mol. The zero-order valence-corrected chi connectivity index (χ0v) is 13.8. The number of hydrogen-bond donors (Lipinski definition) is 2. The quantitative estimate of drug-likeness (QED) is 0.816. The zero-order chi connectivity index (χ0) is 15.5. The third-order valence-corrected chi connectivity index (χ3v) is 5.33. The average Bonchev–Trinajstić information content (AvgIpc) is 2.62. The highest BCUT2D eigenvalue weighted by Gasteiger charge is 2.29. The first-order valence-electron chi connectivity index (χ1n) is 7.06. The van der Waals surface area contributed by atoms with Gasteiger partial charge in [0.05, 0.1) is 0 Å². The van der Waals surface area contributed by atoms with E-state index in [1.165, 1.54) is 0 Å². The van der Waals surface area contributed by atoms with E-state index in [1.54, 1.807) is 0 Å². The van der Waals surface area contributed by atoms with Gasteiger partial charge in [0.25, 0.3) is 0 Å². The molecule has 8 heteroatoms. The SMILES string of the molecule is Cl.NC1(CNS(=O)(=O)c2ccc(F)cc2F)CCCCCC1. The summed E-state index contributed by atoms with van der Waals surface area (Å²) in [6.07, 6.45) is 5.59. The van der Waals surface area contributed by atoms with Crippen molar-refractivity contribution in [2.45, 2.75) is 49.0 Å². The smallest absolute Gasteiger partial charge is 0.243 e. The summed E-state index contributed by atoms with van der Waals surface area (Å²) in [7, 11) is -4.03. The molecule has 0 bridgehead atoms. The Hall–Kier alpha value is -0.760. The second kappa shape index (κ2) is 7.68. The highest BCUT2D eigenvalue weighted by Crippen LogP contribution is 2.25. The Labute approximate surface area is 135 Å². The normalized spacial score (nSPS) is 18.3. The Morgan fingerprint density at radius 1 is 1.14 bits per heavy atom. The molecule has 2 rings (SSSR count). The van der Waals surface area contributed by atoms with Crippen molar-refractivity contribution in [3.05, 3.63) is 29.8 Å². The summed E-state index contributed by atoms with van der Waals surface area (Å²) in [6, 6.07) is 2.39.